The summed E-state index contributed by atoms with van der Waals surface area (Å²) in [6.07, 6.45) is 3.83. The summed E-state index contributed by atoms with van der Waals surface area (Å²) in [5, 5.41) is 0. The highest BCUT2D eigenvalue weighted by Gasteiger charge is 2.40. The van der Waals surface area contributed by atoms with Crippen molar-refractivity contribution in [3.8, 4) is 0 Å². The van der Waals surface area contributed by atoms with Crippen LogP contribution in [0, 0.1) is 6.42 Å². The van der Waals surface area contributed by atoms with Gasteiger partial charge in [-0.25, -0.2) is 4.72 Å². The lowest BCUT2D eigenvalue weighted by atomic mass is 10.2. The van der Waals surface area contributed by atoms with Crippen LogP contribution >= 0.6 is 0 Å². The first-order chi connectivity index (χ1) is 4.70. The fraction of sp³-hybridized carbons (Fsp3) is 0.800. The molecule has 10 heavy (non-hydrogen) atoms. The van der Waals surface area contributed by atoms with Crippen LogP contribution in [0.5, 0.6) is 0 Å². The Hall–Kier alpha value is -0.130. The van der Waals surface area contributed by atoms with Gasteiger partial charge in [0.25, 0.3) is 10.2 Å². The molecule has 0 amide bonds. The molecule has 0 bridgehead atoms. The van der Waals surface area contributed by atoms with Crippen LogP contribution in [0.2, 0.25) is 0 Å². The Morgan fingerprint density at radius 3 is 3.10 bits per heavy atom. The molecule has 0 saturated carbocycles. The molecule has 56 valence electrons. The quantitative estimate of drug-likeness (QED) is 0.493. The zero-order valence-corrected chi connectivity index (χ0v) is 6.19. The number of hydrogen-bond acceptors (Lipinski definition) is 2. The van der Waals surface area contributed by atoms with Crippen LogP contribution in [0.1, 0.15) is 6.42 Å². The van der Waals surface area contributed by atoms with Crippen LogP contribution in [0.3, 0.4) is 0 Å². The maximum atomic E-state index is 11.0. The van der Waals surface area contributed by atoms with Gasteiger partial charge in [0.15, 0.2) is 0 Å². The third-order valence-electron chi connectivity index (χ3n) is 1.83. The maximum Gasteiger partial charge on any atom is 0.279 e. The topological polar surface area (TPSA) is 49.4 Å². The molecule has 1 N–H and O–H groups in total. The molecule has 2 fully saturated rings. The average molecular weight is 160 g/mol. The second-order valence-electron chi connectivity index (χ2n) is 2.43. The van der Waals surface area contributed by atoms with Gasteiger partial charge in [-0.15, -0.1) is 0 Å². The normalized spacial score (nSPS) is 38.2. The molecule has 0 aliphatic carbocycles. The highest BCUT2D eigenvalue weighted by Crippen LogP contribution is 2.22. The predicted molar refractivity (Wildman–Crippen MR) is 35.3 cm³/mol. The molecule has 0 aromatic heterocycles. The van der Waals surface area contributed by atoms with Crippen LogP contribution in [-0.4, -0.2) is 31.9 Å². The van der Waals surface area contributed by atoms with E-state index in [2.05, 4.69) is 11.1 Å². The first-order valence-electron chi connectivity index (χ1n) is 3.20. The van der Waals surface area contributed by atoms with Crippen molar-refractivity contribution in [1.82, 2.24) is 9.03 Å². The number of fused-ring (bicyclic) bond motifs is 1. The Morgan fingerprint density at radius 2 is 2.40 bits per heavy atom. The molecule has 1 unspecified atom stereocenters. The van der Waals surface area contributed by atoms with Crippen molar-refractivity contribution in [2.45, 2.75) is 12.5 Å². The molecule has 2 heterocycles. The highest BCUT2D eigenvalue weighted by molar-refractivity contribution is 7.87. The van der Waals surface area contributed by atoms with Gasteiger partial charge in [0.2, 0.25) is 0 Å². The predicted octanol–water partition coefficient (Wildman–Crippen LogP) is -1.01. The molecule has 0 aromatic rings. The summed E-state index contributed by atoms with van der Waals surface area (Å²) < 4.78 is 25.9. The Morgan fingerprint density at radius 1 is 1.60 bits per heavy atom. The molecular weight excluding hydrogens is 152 g/mol. The third kappa shape index (κ3) is 0.777. The van der Waals surface area contributed by atoms with Crippen LogP contribution in [0.4, 0.5) is 0 Å². The van der Waals surface area contributed by atoms with Crippen molar-refractivity contribution in [1.29, 1.82) is 0 Å². The lowest BCUT2D eigenvalue weighted by molar-refractivity contribution is 0.448. The zero-order chi connectivity index (χ0) is 7.19. The molecule has 2 radical (unpaired) electrons. The maximum absolute atomic E-state index is 11.0. The molecule has 2 rings (SSSR count). The monoisotopic (exact) mass is 160 g/mol. The molecule has 0 spiro atoms. The second kappa shape index (κ2) is 1.93. The Balaban J connectivity index is 2.32. The molecule has 4 nitrogen and oxygen atoms in total. The summed E-state index contributed by atoms with van der Waals surface area (Å²) in [6, 6.07) is 0.00463. The van der Waals surface area contributed by atoms with Gasteiger partial charge >= 0.3 is 0 Å². The van der Waals surface area contributed by atoms with Gasteiger partial charge in [-0.3, -0.25) is 0 Å². The van der Waals surface area contributed by atoms with Crippen molar-refractivity contribution < 1.29 is 8.42 Å². The Kier molecular flexibility index (Phi) is 1.27. The van der Waals surface area contributed by atoms with Crippen LogP contribution in [-0.2, 0) is 10.2 Å². The minimum absolute atomic E-state index is 0.00463. The Labute approximate surface area is 60.4 Å². The van der Waals surface area contributed by atoms with E-state index in [4.69, 9.17) is 0 Å². The number of nitrogens with one attached hydrogen (secondary N) is 1. The van der Waals surface area contributed by atoms with Crippen molar-refractivity contribution in [2.24, 2.45) is 0 Å². The summed E-state index contributed by atoms with van der Waals surface area (Å²) in [6.45, 7) is 1.10. The van der Waals surface area contributed by atoms with Crippen molar-refractivity contribution in [2.75, 3.05) is 13.1 Å². The average Bonchev–Trinajstić information content (AvgIpc) is 2.36. The number of hydrogen-bond donors (Lipinski definition) is 1. The van der Waals surface area contributed by atoms with Gasteiger partial charge in [-0.2, -0.15) is 12.7 Å². The van der Waals surface area contributed by atoms with Gasteiger partial charge in [0, 0.05) is 25.6 Å². The molecule has 1 atom stereocenters. The zero-order valence-electron chi connectivity index (χ0n) is 5.37. The molecular formula is C5H8N2O2S. The minimum Gasteiger partial charge on any atom is -0.200 e. The highest BCUT2D eigenvalue weighted by atomic mass is 32.2. The third-order valence-corrected chi connectivity index (χ3v) is 3.41. The molecule has 2 aliphatic heterocycles. The van der Waals surface area contributed by atoms with Crippen molar-refractivity contribution >= 4 is 10.2 Å². The Bertz CT molecular complexity index is 236. The summed E-state index contributed by atoms with van der Waals surface area (Å²) in [5.74, 6) is 0. The first kappa shape index (κ1) is 6.57. The van der Waals surface area contributed by atoms with E-state index in [1.807, 2.05) is 0 Å². The summed E-state index contributed by atoms with van der Waals surface area (Å²) in [4.78, 5) is 0. The van der Waals surface area contributed by atoms with E-state index in [1.165, 1.54) is 4.31 Å². The fourth-order valence-corrected chi connectivity index (χ4v) is 2.68. The number of rotatable bonds is 0. The van der Waals surface area contributed by atoms with E-state index in [0.29, 0.717) is 13.1 Å². The fourth-order valence-electron chi connectivity index (χ4n) is 1.33. The van der Waals surface area contributed by atoms with Gasteiger partial charge in [0.05, 0.1) is 0 Å². The largest absolute Gasteiger partial charge is 0.279 e. The first-order valence-corrected chi connectivity index (χ1v) is 4.64. The van der Waals surface area contributed by atoms with Crippen molar-refractivity contribution in [3.63, 3.8) is 0 Å². The van der Waals surface area contributed by atoms with Crippen LogP contribution in [0.15, 0.2) is 0 Å². The molecule has 0 aromatic carbocycles. The van der Waals surface area contributed by atoms with Crippen LogP contribution < -0.4 is 4.72 Å². The smallest absolute Gasteiger partial charge is 0.200 e. The lowest BCUT2D eigenvalue weighted by Gasteiger charge is -2.09. The summed E-state index contributed by atoms with van der Waals surface area (Å²) in [7, 11) is -3.10. The standard InChI is InChI=1S/C5H8N2O2S/c8-10(9)6-4-5-2-1-3-7(5)10/h5-6H,1,3-4H2. The van der Waals surface area contributed by atoms with Gasteiger partial charge in [0.1, 0.15) is 0 Å². The van der Waals surface area contributed by atoms with Gasteiger partial charge < -0.3 is 0 Å². The van der Waals surface area contributed by atoms with E-state index in [1.54, 1.807) is 0 Å². The van der Waals surface area contributed by atoms with E-state index >= 15 is 0 Å². The summed E-state index contributed by atoms with van der Waals surface area (Å²) >= 11 is 0. The molecule has 2 aliphatic rings. The minimum atomic E-state index is -3.10. The van der Waals surface area contributed by atoms with Crippen molar-refractivity contribution in [3.05, 3.63) is 6.42 Å². The second-order valence-corrected chi connectivity index (χ2v) is 4.14. The SMILES string of the molecule is O=S1(=O)NCC2[C]CCN21. The summed E-state index contributed by atoms with van der Waals surface area (Å²) in [5.41, 5.74) is 0. The van der Waals surface area contributed by atoms with Gasteiger partial charge in [-0.05, 0) is 6.42 Å². The van der Waals surface area contributed by atoms with E-state index in [-0.39, 0.29) is 6.04 Å². The molecule has 2 saturated heterocycles. The van der Waals surface area contributed by atoms with E-state index in [9.17, 15) is 8.42 Å². The van der Waals surface area contributed by atoms with E-state index in [0.717, 1.165) is 6.42 Å². The van der Waals surface area contributed by atoms with E-state index < -0.39 is 10.2 Å². The van der Waals surface area contributed by atoms with Crippen LogP contribution in [0.25, 0.3) is 0 Å². The molecule has 5 heteroatoms. The lowest BCUT2D eigenvalue weighted by Crippen LogP contribution is -2.30. The number of nitrogens with zero attached hydrogens (tertiary/aromatic N) is 1. The van der Waals surface area contributed by atoms with Gasteiger partial charge in [-0.1, -0.05) is 0 Å².